The van der Waals surface area contributed by atoms with E-state index in [-0.39, 0.29) is 17.5 Å². The summed E-state index contributed by atoms with van der Waals surface area (Å²) in [5.41, 5.74) is 0.168. The molecule has 1 aliphatic heterocycles. The van der Waals surface area contributed by atoms with Crippen LogP contribution < -0.4 is 10.6 Å². The number of carbonyl (C=O) groups excluding carboxylic acids is 1. The monoisotopic (exact) mass is 320 g/mol. The zero-order valence-electron chi connectivity index (χ0n) is 13.9. The molecule has 1 saturated heterocycles. The van der Waals surface area contributed by atoms with Crippen LogP contribution in [0.1, 0.15) is 38.5 Å². The van der Waals surface area contributed by atoms with Gasteiger partial charge in [0, 0.05) is 31.9 Å². The standard InChI is InChI=1S/C17H28N4O2/c18-13-15(17(22)20-16-5-2-1-3-6-16)14-19-7-4-8-21-9-11-23-12-10-21/h14,16,19H,1-12H2,(H,20,22)/b15-14-. The molecule has 6 nitrogen and oxygen atoms in total. The van der Waals surface area contributed by atoms with Crippen molar-refractivity contribution in [2.24, 2.45) is 0 Å². The zero-order chi connectivity index (χ0) is 16.3. The lowest BCUT2D eigenvalue weighted by Gasteiger charge is -2.26. The van der Waals surface area contributed by atoms with Gasteiger partial charge in [-0.2, -0.15) is 5.26 Å². The number of hydrogen-bond acceptors (Lipinski definition) is 5. The molecule has 0 bridgehead atoms. The minimum Gasteiger partial charge on any atom is -0.390 e. The van der Waals surface area contributed by atoms with Gasteiger partial charge in [0.2, 0.25) is 0 Å². The quantitative estimate of drug-likeness (QED) is 0.418. The Morgan fingerprint density at radius 3 is 2.70 bits per heavy atom. The SMILES string of the molecule is N#C/C(=C/NCCCN1CCOCC1)C(=O)NC1CCCCC1. The topological polar surface area (TPSA) is 77.4 Å². The van der Waals surface area contributed by atoms with Crippen molar-refractivity contribution in [1.29, 1.82) is 5.26 Å². The maximum atomic E-state index is 12.1. The molecule has 0 aromatic heterocycles. The van der Waals surface area contributed by atoms with Gasteiger partial charge in [-0.05, 0) is 25.8 Å². The number of nitrogens with zero attached hydrogens (tertiary/aromatic N) is 2. The molecule has 23 heavy (non-hydrogen) atoms. The lowest BCUT2D eigenvalue weighted by Crippen LogP contribution is -2.38. The average Bonchev–Trinajstić information content (AvgIpc) is 2.60. The molecule has 0 spiro atoms. The molecule has 2 rings (SSSR count). The molecular formula is C17H28N4O2. The van der Waals surface area contributed by atoms with Crippen LogP contribution in [0.3, 0.4) is 0 Å². The van der Waals surface area contributed by atoms with Gasteiger partial charge in [0.05, 0.1) is 13.2 Å². The molecular weight excluding hydrogens is 292 g/mol. The van der Waals surface area contributed by atoms with Crippen molar-refractivity contribution in [3.63, 3.8) is 0 Å². The minimum absolute atomic E-state index is 0.168. The molecule has 1 aliphatic carbocycles. The first-order valence-electron chi connectivity index (χ1n) is 8.74. The molecule has 1 amide bonds. The molecule has 0 atom stereocenters. The van der Waals surface area contributed by atoms with Crippen LogP contribution in [0.2, 0.25) is 0 Å². The molecule has 0 radical (unpaired) electrons. The Morgan fingerprint density at radius 2 is 2.00 bits per heavy atom. The van der Waals surface area contributed by atoms with Gasteiger partial charge in [-0.25, -0.2) is 0 Å². The summed E-state index contributed by atoms with van der Waals surface area (Å²) in [6, 6.07) is 2.22. The molecule has 1 heterocycles. The number of carbonyl (C=O) groups is 1. The predicted octanol–water partition coefficient (Wildman–Crippen LogP) is 1.15. The predicted molar refractivity (Wildman–Crippen MR) is 88.6 cm³/mol. The Labute approximate surface area is 138 Å². The highest BCUT2D eigenvalue weighted by atomic mass is 16.5. The van der Waals surface area contributed by atoms with Gasteiger partial charge >= 0.3 is 0 Å². The molecule has 2 fully saturated rings. The third-order valence-corrected chi connectivity index (χ3v) is 4.45. The highest BCUT2D eigenvalue weighted by Gasteiger charge is 2.17. The number of morpholine rings is 1. The summed E-state index contributed by atoms with van der Waals surface area (Å²) in [5.74, 6) is -0.250. The Hall–Kier alpha value is -1.58. The summed E-state index contributed by atoms with van der Waals surface area (Å²) >= 11 is 0. The largest absolute Gasteiger partial charge is 0.390 e. The maximum absolute atomic E-state index is 12.1. The number of ether oxygens (including phenoxy) is 1. The fourth-order valence-electron chi connectivity index (χ4n) is 3.06. The third kappa shape index (κ3) is 6.59. The highest BCUT2D eigenvalue weighted by Crippen LogP contribution is 2.17. The molecule has 0 aromatic carbocycles. The Kier molecular flexibility index (Phi) is 7.91. The van der Waals surface area contributed by atoms with E-state index in [4.69, 9.17) is 10.00 Å². The Morgan fingerprint density at radius 1 is 1.26 bits per heavy atom. The third-order valence-electron chi connectivity index (χ3n) is 4.45. The first-order valence-corrected chi connectivity index (χ1v) is 8.74. The molecule has 1 saturated carbocycles. The van der Waals surface area contributed by atoms with E-state index in [1.54, 1.807) is 6.20 Å². The highest BCUT2D eigenvalue weighted by molar-refractivity contribution is 5.97. The Bertz CT molecular complexity index is 432. The van der Waals surface area contributed by atoms with Crippen LogP contribution in [0.15, 0.2) is 11.8 Å². The van der Waals surface area contributed by atoms with Gasteiger partial charge in [-0.3, -0.25) is 9.69 Å². The first-order chi connectivity index (χ1) is 11.3. The summed E-state index contributed by atoms with van der Waals surface area (Å²) < 4.78 is 5.31. The Balaban J connectivity index is 1.64. The van der Waals surface area contributed by atoms with Crippen molar-refractivity contribution in [2.45, 2.75) is 44.6 Å². The van der Waals surface area contributed by atoms with Crippen LogP contribution in [0.5, 0.6) is 0 Å². The second kappa shape index (κ2) is 10.2. The van der Waals surface area contributed by atoms with Crippen molar-refractivity contribution in [3.8, 4) is 6.07 Å². The number of nitrogens with one attached hydrogen (secondary N) is 2. The molecule has 0 unspecified atom stereocenters. The second-order valence-corrected chi connectivity index (χ2v) is 6.24. The van der Waals surface area contributed by atoms with E-state index in [1.165, 1.54) is 6.42 Å². The summed E-state index contributed by atoms with van der Waals surface area (Å²) in [6.07, 6.45) is 8.16. The minimum atomic E-state index is -0.250. The lowest BCUT2D eigenvalue weighted by atomic mass is 9.95. The van der Waals surface area contributed by atoms with Crippen molar-refractivity contribution in [3.05, 3.63) is 11.8 Å². The van der Waals surface area contributed by atoms with Crippen molar-refractivity contribution >= 4 is 5.91 Å². The zero-order valence-corrected chi connectivity index (χ0v) is 13.9. The van der Waals surface area contributed by atoms with Crippen LogP contribution in [0, 0.1) is 11.3 Å². The number of hydrogen-bond donors (Lipinski definition) is 2. The van der Waals surface area contributed by atoms with E-state index in [0.717, 1.165) is 71.5 Å². The number of amides is 1. The van der Waals surface area contributed by atoms with E-state index < -0.39 is 0 Å². The van der Waals surface area contributed by atoms with E-state index in [9.17, 15) is 4.79 Å². The summed E-state index contributed by atoms with van der Waals surface area (Å²) in [7, 11) is 0. The van der Waals surface area contributed by atoms with Gasteiger partial charge < -0.3 is 15.4 Å². The fraction of sp³-hybridized carbons (Fsp3) is 0.765. The van der Waals surface area contributed by atoms with E-state index in [2.05, 4.69) is 15.5 Å². The molecule has 2 N–H and O–H groups in total. The normalized spacial score (nSPS) is 20.7. The smallest absolute Gasteiger partial charge is 0.263 e. The molecule has 2 aliphatic rings. The van der Waals surface area contributed by atoms with Crippen LogP contribution in [-0.2, 0) is 9.53 Å². The molecule has 0 aromatic rings. The van der Waals surface area contributed by atoms with E-state index >= 15 is 0 Å². The van der Waals surface area contributed by atoms with Gasteiger partial charge in [0.15, 0.2) is 0 Å². The van der Waals surface area contributed by atoms with Crippen LogP contribution in [0.25, 0.3) is 0 Å². The van der Waals surface area contributed by atoms with Crippen molar-refractivity contribution in [1.82, 2.24) is 15.5 Å². The fourth-order valence-corrected chi connectivity index (χ4v) is 3.06. The average molecular weight is 320 g/mol. The van der Waals surface area contributed by atoms with Gasteiger partial charge in [-0.15, -0.1) is 0 Å². The van der Waals surface area contributed by atoms with Gasteiger partial charge in [0.1, 0.15) is 11.6 Å². The van der Waals surface area contributed by atoms with Gasteiger partial charge in [-0.1, -0.05) is 19.3 Å². The van der Waals surface area contributed by atoms with E-state index in [0.29, 0.717) is 0 Å². The lowest BCUT2D eigenvalue weighted by molar-refractivity contribution is -0.118. The van der Waals surface area contributed by atoms with Crippen LogP contribution in [-0.4, -0.2) is 56.2 Å². The molecule has 128 valence electrons. The summed E-state index contributed by atoms with van der Waals surface area (Å²) in [4.78, 5) is 14.5. The van der Waals surface area contributed by atoms with Gasteiger partial charge in [0.25, 0.3) is 5.91 Å². The van der Waals surface area contributed by atoms with Crippen molar-refractivity contribution in [2.75, 3.05) is 39.4 Å². The van der Waals surface area contributed by atoms with Crippen molar-refractivity contribution < 1.29 is 9.53 Å². The van der Waals surface area contributed by atoms with Crippen LogP contribution in [0.4, 0.5) is 0 Å². The number of nitriles is 1. The maximum Gasteiger partial charge on any atom is 0.263 e. The number of rotatable bonds is 7. The summed E-state index contributed by atoms with van der Waals surface area (Å²) in [6.45, 7) is 5.38. The molecule has 6 heteroatoms. The summed E-state index contributed by atoms with van der Waals surface area (Å²) in [5, 5.41) is 15.2. The van der Waals surface area contributed by atoms with Crippen LogP contribution >= 0.6 is 0 Å². The second-order valence-electron chi connectivity index (χ2n) is 6.24. The van der Waals surface area contributed by atoms with E-state index in [1.807, 2.05) is 6.07 Å². The first kappa shape index (κ1) is 17.8.